The number of benzene rings is 1. The minimum absolute atomic E-state index is 0.0647. The van der Waals surface area contributed by atoms with E-state index in [4.69, 9.17) is 4.74 Å². The Bertz CT molecular complexity index is 379. The largest absolute Gasteiger partial charge is 0.496 e. The molecule has 0 amide bonds. The van der Waals surface area contributed by atoms with Gasteiger partial charge in [0.15, 0.2) is 0 Å². The van der Waals surface area contributed by atoms with Crippen molar-refractivity contribution in [2.24, 2.45) is 5.92 Å². The van der Waals surface area contributed by atoms with Crippen LogP contribution in [0.4, 0.5) is 0 Å². The minimum atomic E-state index is -0.0647. The molecule has 18 heavy (non-hydrogen) atoms. The van der Waals surface area contributed by atoms with Crippen LogP contribution in [0.1, 0.15) is 43.7 Å². The summed E-state index contributed by atoms with van der Waals surface area (Å²) in [6, 6.07) is 6.52. The second kappa shape index (κ2) is 6.24. The van der Waals surface area contributed by atoms with E-state index in [0.29, 0.717) is 5.92 Å². The summed E-state index contributed by atoms with van der Waals surface area (Å²) < 4.78 is 5.46. The second-order valence-electron chi connectivity index (χ2n) is 5.38. The molecule has 1 N–H and O–H groups in total. The van der Waals surface area contributed by atoms with E-state index < -0.39 is 0 Å². The molecule has 2 rings (SSSR count). The van der Waals surface area contributed by atoms with Crippen LogP contribution in [0.3, 0.4) is 0 Å². The van der Waals surface area contributed by atoms with E-state index in [2.05, 4.69) is 25.1 Å². The molecular weight excluding hydrogens is 224 g/mol. The summed E-state index contributed by atoms with van der Waals surface area (Å²) in [5.74, 6) is 1.72. The molecule has 1 fully saturated rings. The van der Waals surface area contributed by atoms with Crippen LogP contribution in [0.15, 0.2) is 18.2 Å². The second-order valence-corrected chi connectivity index (χ2v) is 5.38. The SMILES string of the molecule is CCc1ccc(OC)c(CC2CCC(O)CC2)c1. The van der Waals surface area contributed by atoms with Gasteiger partial charge in [-0.2, -0.15) is 0 Å². The zero-order valence-corrected chi connectivity index (χ0v) is 11.5. The standard InChI is InChI=1S/C16H24O2/c1-3-12-6-9-16(18-2)14(10-12)11-13-4-7-15(17)8-5-13/h6,9-10,13,15,17H,3-5,7-8,11H2,1-2H3. The van der Waals surface area contributed by atoms with Crippen LogP contribution in [0.5, 0.6) is 5.75 Å². The van der Waals surface area contributed by atoms with Crippen LogP contribution in [-0.4, -0.2) is 18.3 Å². The highest BCUT2D eigenvalue weighted by molar-refractivity contribution is 5.37. The van der Waals surface area contributed by atoms with Crippen LogP contribution >= 0.6 is 0 Å². The topological polar surface area (TPSA) is 29.5 Å². The van der Waals surface area contributed by atoms with Crippen molar-refractivity contribution in [3.63, 3.8) is 0 Å². The lowest BCUT2D eigenvalue weighted by molar-refractivity contribution is 0.108. The molecule has 0 saturated heterocycles. The van der Waals surface area contributed by atoms with Crippen LogP contribution in [-0.2, 0) is 12.8 Å². The summed E-state index contributed by atoms with van der Waals surface area (Å²) in [6.45, 7) is 2.18. The molecule has 1 saturated carbocycles. The van der Waals surface area contributed by atoms with Gasteiger partial charge in [-0.15, -0.1) is 0 Å². The number of hydrogen-bond acceptors (Lipinski definition) is 2. The van der Waals surface area contributed by atoms with Gasteiger partial charge >= 0.3 is 0 Å². The summed E-state index contributed by atoms with van der Waals surface area (Å²) in [6.07, 6.45) is 6.29. The summed E-state index contributed by atoms with van der Waals surface area (Å²) in [5, 5.41) is 9.55. The number of aryl methyl sites for hydroxylation is 1. The van der Waals surface area contributed by atoms with Gasteiger partial charge in [0.05, 0.1) is 13.2 Å². The lowest BCUT2D eigenvalue weighted by atomic mass is 9.83. The highest BCUT2D eigenvalue weighted by Gasteiger charge is 2.20. The van der Waals surface area contributed by atoms with E-state index in [0.717, 1.165) is 44.3 Å². The number of aliphatic hydroxyl groups excluding tert-OH is 1. The Balaban J connectivity index is 2.07. The number of ether oxygens (including phenoxy) is 1. The molecule has 1 aromatic carbocycles. The van der Waals surface area contributed by atoms with E-state index in [1.807, 2.05) is 0 Å². The maximum atomic E-state index is 9.55. The van der Waals surface area contributed by atoms with Gasteiger partial charge in [0.25, 0.3) is 0 Å². The van der Waals surface area contributed by atoms with E-state index in [1.54, 1.807) is 7.11 Å². The quantitative estimate of drug-likeness (QED) is 0.885. The van der Waals surface area contributed by atoms with E-state index in [9.17, 15) is 5.11 Å². The molecular formula is C16H24O2. The zero-order chi connectivity index (χ0) is 13.0. The maximum Gasteiger partial charge on any atom is 0.122 e. The highest BCUT2D eigenvalue weighted by atomic mass is 16.5. The number of aliphatic hydroxyl groups is 1. The van der Waals surface area contributed by atoms with Crippen molar-refractivity contribution in [1.82, 2.24) is 0 Å². The smallest absolute Gasteiger partial charge is 0.122 e. The third-order valence-corrected chi connectivity index (χ3v) is 4.08. The van der Waals surface area contributed by atoms with Gasteiger partial charge in [0.2, 0.25) is 0 Å². The molecule has 0 aliphatic heterocycles. The molecule has 0 radical (unpaired) electrons. The lowest BCUT2D eigenvalue weighted by Gasteiger charge is -2.26. The average Bonchev–Trinajstić information content (AvgIpc) is 2.41. The Morgan fingerprint density at radius 2 is 1.94 bits per heavy atom. The minimum Gasteiger partial charge on any atom is -0.496 e. The van der Waals surface area contributed by atoms with Crippen LogP contribution in [0.2, 0.25) is 0 Å². The van der Waals surface area contributed by atoms with Crippen molar-refractivity contribution in [2.45, 2.75) is 51.6 Å². The molecule has 1 aliphatic rings. The molecule has 2 nitrogen and oxygen atoms in total. The molecule has 0 heterocycles. The molecule has 0 atom stereocenters. The van der Waals surface area contributed by atoms with Gasteiger partial charge in [0.1, 0.15) is 5.75 Å². The summed E-state index contributed by atoms with van der Waals surface area (Å²) in [7, 11) is 1.75. The molecule has 1 aromatic rings. The first-order valence-electron chi connectivity index (χ1n) is 7.06. The van der Waals surface area contributed by atoms with Crippen molar-refractivity contribution < 1.29 is 9.84 Å². The predicted octanol–water partition coefficient (Wildman–Crippen LogP) is 3.35. The first kappa shape index (κ1) is 13.4. The average molecular weight is 248 g/mol. The fourth-order valence-corrected chi connectivity index (χ4v) is 2.87. The Kier molecular flexibility index (Phi) is 4.65. The number of hydrogen-bond donors (Lipinski definition) is 1. The summed E-state index contributed by atoms with van der Waals surface area (Å²) in [5.41, 5.74) is 2.71. The van der Waals surface area contributed by atoms with Crippen LogP contribution in [0, 0.1) is 5.92 Å². The van der Waals surface area contributed by atoms with Crippen molar-refractivity contribution >= 4 is 0 Å². The van der Waals surface area contributed by atoms with Gasteiger partial charge < -0.3 is 9.84 Å². The van der Waals surface area contributed by atoms with E-state index in [1.165, 1.54) is 11.1 Å². The monoisotopic (exact) mass is 248 g/mol. The van der Waals surface area contributed by atoms with Gasteiger partial charge in [-0.05, 0) is 61.6 Å². The first-order valence-corrected chi connectivity index (χ1v) is 7.06. The molecule has 0 spiro atoms. The Hall–Kier alpha value is -1.02. The normalized spacial score (nSPS) is 23.9. The Morgan fingerprint density at radius 1 is 1.22 bits per heavy atom. The van der Waals surface area contributed by atoms with Gasteiger partial charge in [-0.1, -0.05) is 19.1 Å². The van der Waals surface area contributed by atoms with Crippen LogP contribution in [0.25, 0.3) is 0 Å². The first-order chi connectivity index (χ1) is 8.72. The molecule has 2 heteroatoms. The predicted molar refractivity (Wildman–Crippen MR) is 74.0 cm³/mol. The zero-order valence-electron chi connectivity index (χ0n) is 11.5. The highest BCUT2D eigenvalue weighted by Crippen LogP contribution is 2.31. The fraction of sp³-hybridized carbons (Fsp3) is 0.625. The van der Waals surface area contributed by atoms with Crippen molar-refractivity contribution in [3.8, 4) is 5.75 Å². The third kappa shape index (κ3) is 3.26. The maximum absolute atomic E-state index is 9.55. The molecule has 1 aliphatic carbocycles. The van der Waals surface area contributed by atoms with Gasteiger partial charge in [-0.25, -0.2) is 0 Å². The van der Waals surface area contributed by atoms with E-state index >= 15 is 0 Å². The molecule has 100 valence electrons. The Morgan fingerprint density at radius 3 is 2.56 bits per heavy atom. The summed E-state index contributed by atoms with van der Waals surface area (Å²) in [4.78, 5) is 0. The molecule has 0 bridgehead atoms. The summed E-state index contributed by atoms with van der Waals surface area (Å²) >= 11 is 0. The lowest BCUT2D eigenvalue weighted by Crippen LogP contribution is -2.19. The van der Waals surface area contributed by atoms with Gasteiger partial charge in [-0.3, -0.25) is 0 Å². The van der Waals surface area contributed by atoms with Crippen molar-refractivity contribution in [1.29, 1.82) is 0 Å². The third-order valence-electron chi connectivity index (χ3n) is 4.08. The van der Waals surface area contributed by atoms with Gasteiger partial charge in [0, 0.05) is 0 Å². The molecule has 0 unspecified atom stereocenters. The number of rotatable bonds is 4. The fourth-order valence-electron chi connectivity index (χ4n) is 2.87. The van der Waals surface area contributed by atoms with E-state index in [-0.39, 0.29) is 6.10 Å². The number of methoxy groups -OCH3 is 1. The van der Waals surface area contributed by atoms with Crippen molar-refractivity contribution in [3.05, 3.63) is 29.3 Å². The Labute approximate surface area is 110 Å². The van der Waals surface area contributed by atoms with Crippen LogP contribution < -0.4 is 4.74 Å². The van der Waals surface area contributed by atoms with Crippen molar-refractivity contribution in [2.75, 3.05) is 7.11 Å². The molecule has 0 aromatic heterocycles.